The summed E-state index contributed by atoms with van der Waals surface area (Å²) in [6.45, 7) is 0.294. The lowest BCUT2D eigenvalue weighted by Crippen LogP contribution is -2.37. The smallest absolute Gasteiger partial charge is 0.339 e. The molecule has 0 N–H and O–H groups in total. The molecule has 0 saturated carbocycles. The van der Waals surface area contributed by atoms with Crippen LogP contribution >= 0.6 is 0 Å². The fraction of sp³-hybridized carbons (Fsp3) is 0.217. The molecule has 0 spiro atoms. The quantitative estimate of drug-likeness (QED) is 0.401. The number of hydrogen-bond donors (Lipinski definition) is 0. The zero-order valence-electron chi connectivity index (χ0n) is 18.5. The van der Waals surface area contributed by atoms with Crippen molar-refractivity contribution < 1.29 is 22.5 Å². The van der Waals surface area contributed by atoms with Crippen molar-refractivity contribution in [2.24, 2.45) is 7.05 Å². The third kappa shape index (κ3) is 3.68. The van der Waals surface area contributed by atoms with Gasteiger partial charge in [0.2, 0.25) is 15.8 Å². The number of fused-ring (bicyclic) bond motifs is 1. The van der Waals surface area contributed by atoms with Crippen LogP contribution in [0.1, 0.15) is 21.6 Å². The molecule has 2 aromatic heterocycles. The highest BCUT2D eigenvalue weighted by Gasteiger charge is 2.35. The number of sulfonamides is 1. The Bertz CT molecular complexity index is 1480. The van der Waals surface area contributed by atoms with E-state index in [9.17, 15) is 13.2 Å². The molecule has 1 aliphatic heterocycles. The van der Waals surface area contributed by atoms with Gasteiger partial charge in [-0.1, -0.05) is 47.6 Å². The Morgan fingerprint density at radius 3 is 2.59 bits per heavy atom. The molecule has 3 heterocycles. The average molecular weight is 480 g/mol. The number of carbonyl (C=O) groups is 1. The minimum Gasteiger partial charge on any atom is -0.465 e. The Balaban J connectivity index is 1.51. The minimum absolute atomic E-state index is 0.00777. The molecular weight excluding hydrogens is 458 g/mol. The van der Waals surface area contributed by atoms with Crippen molar-refractivity contribution in [3.8, 4) is 23.0 Å². The van der Waals surface area contributed by atoms with E-state index in [1.54, 1.807) is 23.9 Å². The topological polar surface area (TPSA) is 120 Å². The standard InChI is InChI=1S/C23H21N5O5S/c1-27-18-12-13-28(34(30,31)19-11-7-6-10-16(19)23(29)32-2)14-17(18)20(25-27)22-24-21(26-33-22)15-8-4-3-5-9-15/h3-11H,12-14H2,1-2H3. The first-order chi connectivity index (χ1) is 16.4. The number of methoxy groups -OCH3 is 1. The van der Waals surface area contributed by atoms with E-state index in [4.69, 9.17) is 9.26 Å². The summed E-state index contributed by atoms with van der Waals surface area (Å²) in [5, 5.41) is 8.60. The van der Waals surface area contributed by atoms with Crippen LogP contribution in [0.5, 0.6) is 0 Å². The number of rotatable bonds is 5. The number of aryl methyl sites for hydroxylation is 1. The molecule has 0 unspecified atom stereocenters. The third-order valence-corrected chi connectivity index (χ3v) is 7.68. The van der Waals surface area contributed by atoms with Gasteiger partial charge in [-0.2, -0.15) is 14.4 Å². The van der Waals surface area contributed by atoms with Crippen LogP contribution in [-0.4, -0.2) is 52.3 Å². The molecule has 11 heteroatoms. The van der Waals surface area contributed by atoms with E-state index in [-0.39, 0.29) is 29.4 Å². The van der Waals surface area contributed by atoms with Gasteiger partial charge in [-0.3, -0.25) is 4.68 Å². The van der Waals surface area contributed by atoms with Gasteiger partial charge in [0.05, 0.1) is 17.6 Å². The second-order valence-corrected chi connectivity index (χ2v) is 9.67. The number of esters is 1. The van der Waals surface area contributed by atoms with E-state index in [2.05, 4.69) is 15.2 Å². The van der Waals surface area contributed by atoms with Crippen LogP contribution < -0.4 is 0 Å². The van der Waals surface area contributed by atoms with E-state index in [0.717, 1.165) is 11.3 Å². The molecular formula is C23H21N5O5S. The summed E-state index contributed by atoms with van der Waals surface area (Å²) in [4.78, 5) is 16.6. The van der Waals surface area contributed by atoms with E-state index >= 15 is 0 Å². The van der Waals surface area contributed by atoms with Crippen LogP contribution in [0, 0.1) is 0 Å². The Labute approximate surface area is 195 Å². The predicted octanol–water partition coefficient (Wildman–Crippen LogP) is 2.67. The van der Waals surface area contributed by atoms with E-state index in [0.29, 0.717) is 23.5 Å². The van der Waals surface area contributed by atoms with Crippen molar-refractivity contribution in [1.29, 1.82) is 0 Å². The van der Waals surface area contributed by atoms with Crippen LogP contribution in [-0.2, 0) is 34.8 Å². The van der Waals surface area contributed by atoms with E-state index < -0.39 is 16.0 Å². The number of benzene rings is 2. The summed E-state index contributed by atoms with van der Waals surface area (Å²) in [6, 6.07) is 15.4. The lowest BCUT2D eigenvalue weighted by atomic mass is 10.1. The number of aromatic nitrogens is 4. The lowest BCUT2D eigenvalue weighted by molar-refractivity contribution is 0.0596. The van der Waals surface area contributed by atoms with Gasteiger partial charge in [-0.05, 0) is 12.1 Å². The summed E-state index contributed by atoms with van der Waals surface area (Å²) < 4.78 is 40.3. The predicted molar refractivity (Wildman–Crippen MR) is 121 cm³/mol. The summed E-state index contributed by atoms with van der Waals surface area (Å²) in [7, 11) is -0.973. The highest BCUT2D eigenvalue weighted by Crippen LogP contribution is 2.33. The molecule has 1 aliphatic rings. The maximum Gasteiger partial charge on any atom is 0.339 e. The zero-order chi connectivity index (χ0) is 23.9. The van der Waals surface area contributed by atoms with Crippen molar-refractivity contribution in [1.82, 2.24) is 24.2 Å². The highest BCUT2D eigenvalue weighted by atomic mass is 32.2. The maximum atomic E-state index is 13.5. The van der Waals surface area contributed by atoms with Gasteiger partial charge >= 0.3 is 5.97 Å². The highest BCUT2D eigenvalue weighted by molar-refractivity contribution is 7.89. The Morgan fingerprint density at radius 1 is 1.09 bits per heavy atom. The molecule has 0 bridgehead atoms. The molecule has 0 amide bonds. The van der Waals surface area contributed by atoms with Gasteiger partial charge in [0.15, 0.2) is 5.69 Å². The molecule has 174 valence electrons. The van der Waals surface area contributed by atoms with Gasteiger partial charge in [0.1, 0.15) is 0 Å². The van der Waals surface area contributed by atoms with Gasteiger partial charge in [0, 0.05) is 43.4 Å². The van der Waals surface area contributed by atoms with Crippen molar-refractivity contribution in [2.75, 3.05) is 13.7 Å². The van der Waals surface area contributed by atoms with Gasteiger partial charge in [0.25, 0.3) is 5.89 Å². The molecule has 34 heavy (non-hydrogen) atoms. The Hall–Kier alpha value is -3.83. The van der Waals surface area contributed by atoms with Crippen LogP contribution in [0.15, 0.2) is 64.0 Å². The first kappa shape index (κ1) is 22.0. The SMILES string of the molecule is COC(=O)c1ccccc1S(=O)(=O)N1CCc2c(c(-c3nc(-c4ccccc4)no3)nn2C)C1. The fourth-order valence-corrected chi connectivity index (χ4v) is 5.67. The van der Waals surface area contributed by atoms with Crippen LogP contribution in [0.25, 0.3) is 23.0 Å². The van der Waals surface area contributed by atoms with Gasteiger partial charge < -0.3 is 9.26 Å². The van der Waals surface area contributed by atoms with E-state index in [1.165, 1.54) is 23.5 Å². The Morgan fingerprint density at radius 2 is 1.82 bits per heavy atom. The van der Waals surface area contributed by atoms with E-state index in [1.807, 2.05) is 30.3 Å². The largest absolute Gasteiger partial charge is 0.465 e. The molecule has 0 saturated heterocycles. The zero-order valence-corrected chi connectivity index (χ0v) is 19.3. The maximum absolute atomic E-state index is 13.5. The number of hydrogen-bond acceptors (Lipinski definition) is 8. The molecule has 10 nitrogen and oxygen atoms in total. The average Bonchev–Trinajstić information content (AvgIpc) is 3.49. The number of carbonyl (C=O) groups excluding carboxylic acids is 1. The van der Waals surface area contributed by atoms with Crippen molar-refractivity contribution in [3.05, 3.63) is 71.4 Å². The normalized spacial score (nSPS) is 14.1. The molecule has 0 atom stereocenters. The second-order valence-electron chi connectivity index (χ2n) is 7.76. The van der Waals surface area contributed by atoms with Crippen molar-refractivity contribution in [3.63, 3.8) is 0 Å². The first-order valence-corrected chi connectivity index (χ1v) is 12.0. The number of ether oxygens (including phenoxy) is 1. The summed E-state index contributed by atoms with van der Waals surface area (Å²) in [5.41, 5.74) is 2.81. The van der Waals surface area contributed by atoms with Crippen LogP contribution in [0.4, 0.5) is 0 Å². The molecule has 0 radical (unpaired) electrons. The minimum atomic E-state index is -3.99. The van der Waals surface area contributed by atoms with Crippen molar-refractivity contribution >= 4 is 16.0 Å². The molecule has 4 aromatic rings. The summed E-state index contributed by atoms with van der Waals surface area (Å²) in [6.07, 6.45) is 0.443. The van der Waals surface area contributed by atoms with Crippen LogP contribution in [0.3, 0.4) is 0 Å². The molecule has 0 fully saturated rings. The number of nitrogens with zero attached hydrogens (tertiary/aromatic N) is 5. The molecule has 5 rings (SSSR count). The Kier molecular flexibility index (Phi) is 5.50. The second kappa shape index (κ2) is 8.50. The summed E-state index contributed by atoms with van der Waals surface area (Å²) in [5.74, 6) is -0.0783. The monoisotopic (exact) mass is 479 g/mol. The van der Waals surface area contributed by atoms with Gasteiger partial charge in [-0.25, -0.2) is 13.2 Å². The van der Waals surface area contributed by atoms with Crippen LogP contribution in [0.2, 0.25) is 0 Å². The summed E-state index contributed by atoms with van der Waals surface area (Å²) >= 11 is 0. The van der Waals surface area contributed by atoms with Gasteiger partial charge in [-0.15, -0.1) is 0 Å². The molecule has 0 aliphatic carbocycles. The molecule has 2 aromatic carbocycles. The third-order valence-electron chi connectivity index (χ3n) is 5.78. The van der Waals surface area contributed by atoms with Crippen molar-refractivity contribution in [2.45, 2.75) is 17.9 Å². The lowest BCUT2D eigenvalue weighted by Gasteiger charge is -2.27. The fourth-order valence-electron chi connectivity index (χ4n) is 4.08. The first-order valence-electron chi connectivity index (χ1n) is 10.5.